The van der Waals surface area contributed by atoms with Gasteiger partial charge in [-0.05, 0) is 36.8 Å². The van der Waals surface area contributed by atoms with Gasteiger partial charge in [-0.25, -0.2) is 0 Å². The molecule has 20 heavy (non-hydrogen) atoms. The van der Waals surface area contributed by atoms with Crippen LogP contribution in [0.4, 0.5) is 0 Å². The molecule has 0 aliphatic carbocycles. The monoisotopic (exact) mass is 268 g/mol. The average molecular weight is 268 g/mol. The molecule has 2 rings (SSSR count). The van der Waals surface area contributed by atoms with Crippen LogP contribution in [0.25, 0.3) is 0 Å². The summed E-state index contributed by atoms with van der Waals surface area (Å²) >= 11 is 0. The molecule has 0 spiro atoms. The molecule has 102 valence electrons. The fourth-order valence-corrected chi connectivity index (χ4v) is 1.77. The second-order valence-electron chi connectivity index (χ2n) is 4.35. The van der Waals surface area contributed by atoms with Crippen molar-refractivity contribution in [2.75, 3.05) is 6.54 Å². The molecule has 0 saturated carbocycles. The number of rotatable bonds is 3. The highest BCUT2D eigenvalue weighted by atomic mass is 16.3. The maximum absolute atomic E-state index is 12.0. The molecule has 1 aromatic carbocycles. The van der Waals surface area contributed by atoms with Gasteiger partial charge in [0.25, 0.3) is 5.91 Å². The van der Waals surface area contributed by atoms with Gasteiger partial charge in [0.15, 0.2) is 0 Å². The van der Waals surface area contributed by atoms with Crippen LogP contribution in [-0.2, 0) is 6.54 Å². The van der Waals surface area contributed by atoms with Crippen molar-refractivity contribution in [2.24, 2.45) is 5.73 Å². The van der Waals surface area contributed by atoms with Crippen molar-refractivity contribution in [1.29, 1.82) is 0 Å². The summed E-state index contributed by atoms with van der Waals surface area (Å²) in [7, 11) is 0. The maximum atomic E-state index is 12.0. The van der Waals surface area contributed by atoms with Crippen molar-refractivity contribution < 1.29 is 9.21 Å². The number of amides is 1. The molecule has 0 bridgehead atoms. The SMILES string of the molecule is Cc1cc(C(=O)NCc2ccoc2)ccc1C#CCN. The Balaban J connectivity index is 2.05. The number of carbonyl (C=O) groups excluding carboxylic acids is 1. The van der Waals surface area contributed by atoms with Gasteiger partial charge in [-0.15, -0.1) is 0 Å². The van der Waals surface area contributed by atoms with Crippen molar-refractivity contribution in [2.45, 2.75) is 13.5 Å². The van der Waals surface area contributed by atoms with Crippen LogP contribution >= 0.6 is 0 Å². The maximum Gasteiger partial charge on any atom is 0.251 e. The Labute approximate surface area is 118 Å². The number of carbonyl (C=O) groups is 1. The zero-order chi connectivity index (χ0) is 14.4. The predicted molar refractivity (Wildman–Crippen MR) is 77.0 cm³/mol. The number of nitrogens with one attached hydrogen (secondary N) is 1. The lowest BCUT2D eigenvalue weighted by atomic mass is 10.0. The number of furan rings is 1. The summed E-state index contributed by atoms with van der Waals surface area (Å²) in [5.74, 6) is 5.66. The Kier molecular flexibility index (Phi) is 4.59. The number of hydrogen-bond acceptors (Lipinski definition) is 3. The van der Waals surface area contributed by atoms with Crippen LogP contribution in [0, 0.1) is 18.8 Å². The van der Waals surface area contributed by atoms with Crippen LogP contribution in [0.3, 0.4) is 0 Å². The first-order valence-corrected chi connectivity index (χ1v) is 6.29. The standard InChI is InChI=1S/C16H16N2O2/c1-12-9-15(5-4-14(12)3-2-7-17)16(19)18-10-13-6-8-20-11-13/h4-6,8-9,11H,7,10,17H2,1H3,(H,18,19). The number of aryl methyl sites for hydroxylation is 1. The summed E-state index contributed by atoms with van der Waals surface area (Å²) < 4.78 is 4.95. The summed E-state index contributed by atoms with van der Waals surface area (Å²) in [5.41, 5.74) is 8.74. The van der Waals surface area contributed by atoms with E-state index in [-0.39, 0.29) is 5.91 Å². The molecule has 3 N–H and O–H groups in total. The van der Waals surface area contributed by atoms with Gasteiger partial charge in [0.2, 0.25) is 0 Å². The Morgan fingerprint density at radius 3 is 2.90 bits per heavy atom. The van der Waals surface area contributed by atoms with Gasteiger partial charge in [-0.3, -0.25) is 4.79 Å². The molecule has 1 heterocycles. The van der Waals surface area contributed by atoms with Crippen molar-refractivity contribution in [1.82, 2.24) is 5.32 Å². The summed E-state index contributed by atoms with van der Waals surface area (Å²) in [6, 6.07) is 7.24. The van der Waals surface area contributed by atoms with Crippen molar-refractivity contribution in [3.05, 3.63) is 59.0 Å². The minimum atomic E-state index is -0.118. The van der Waals surface area contributed by atoms with Gasteiger partial charge in [0, 0.05) is 23.2 Å². The molecule has 0 saturated heterocycles. The highest BCUT2D eigenvalue weighted by molar-refractivity contribution is 5.94. The molecule has 0 radical (unpaired) electrons. The van der Waals surface area contributed by atoms with Gasteiger partial charge in [0.05, 0.1) is 19.1 Å². The summed E-state index contributed by atoms with van der Waals surface area (Å²) in [5, 5.41) is 2.84. The van der Waals surface area contributed by atoms with Crippen LogP contribution in [0.15, 0.2) is 41.2 Å². The molecule has 1 aromatic heterocycles. The Morgan fingerprint density at radius 1 is 1.40 bits per heavy atom. The van der Waals surface area contributed by atoms with Crippen molar-refractivity contribution in [3.63, 3.8) is 0 Å². The van der Waals surface area contributed by atoms with Gasteiger partial charge < -0.3 is 15.5 Å². The lowest BCUT2D eigenvalue weighted by Gasteiger charge is -2.05. The topological polar surface area (TPSA) is 68.3 Å². The average Bonchev–Trinajstić information content (AvgIpc) is 2.96. The Morgan fingerprint density at radius 2 is 2.25 bits per heavy atom. The lowest BCUT2D eigenvalue weighted by Crippen LogP contribution is -2.22. The van der Waals surface area contributed by atoms with E-state index in [1.807, 2.05) is 25.1 Å². The lowest BCUT2D eigenvalue weighted by molar-refractivity contribution is 0.0951. The van der Waals surface area contributed by atoms with E-state index in [2.05, 4.69) is 17.2 Å². The van der Waals surface area contributed by atoms with Crippen molar-refractivity contribution >= 4 is 5.91 Å². The number of benzene rings is 1. The first kappa shape index (κ1) is 13.9. The van der Waals surface area contributed by atoms with E-state index in [1.54, 1.807) is 18.6 Å². The second-order valence-corrected chi connectivity index (χ2v) is 4.35. The van der Waals surface area contributed by atoms with E-state index >= 15 is 0 Å². The first-order valence-electron chi connectivity index (χ1n) is 6.29. The fourth-order valence-electron chi connectivity index (χ4n) is 1.77. The molecule has 4 heteroatoms. The van der Waals surface area contributed by atoms with Crippen LogP contribution in [0.5, 0.6) is 0 Å². The molecule has 4 nitrogen and oxygen atoms in total. The van der Waals surface area contributed by atoms with Gasteiger partial charge in [-0.1, -0.05) is 11.8 Å². The molecule has 0 aliphatic rings. The van der Waals surface area contributed by atoms with E-state index in [1.165, 1.54) is 0 Å². The van der Waals surface area contributed by atoms with E-state index in [4.69, 9.17) is 10.2 Å². The van der Waals surface area contributed by atoms with E-state index < -0.39 is 0 Å². The molecule has 0 atom stereocenters. The third kappa shape index (κ3) is 3.50. The molecule has 1 amide bonds. The molecule has 0 aliphatic heterocycles. The Hall–Kier alpha value is -2.51. The van der Waals surface area contributed by atoms with E-state index in [0.717, 1.165) is 16.7 Å². The van der Waals surface area contributed by atoms with Crippen LogP contribution in [0.1, 0.15) is 27.0 Å². The molecule has 0 unspecified atom stereocenters. The van der Waals surface area contributed by atoms with Crippen LogP contribution in [-0.4, -0.2) is 12.5 Å². The zero-order valence-electron chi connectivity index (χ0n) is 11.3. The normalized spacial score (nSPS) is 9.70. The van der Waals surface area contributed by atoms with E-state index in [0.29, 0.717) is 18.7 Å². The summed E-state index contributed by atoms with van der Waals surface area (Å²) in [4.78, 5) is 12.0. The molecule has 2 aromatic rings. The van der Waals surface area contributed by atoms with Crippen molar-refractivity contribution in [3.8, 4) is 11.8 Å². The predicted octanol–water partition coefficient (Wildman–Crippen LogP) is 1.83. The summed E-state index contributed by atoms with van der Waals surface area (Å²) in [6.07, 6.45) is 3.19. The third-order valence-corrected chi connectivity index (χ3v) is 2.85. The molecule has 0 fully saturated rings. The highest BCUT2D eigenvalue weighted by Gasteiger charge is 2.07. The largest absolute Gasteiger partial charge is 0.472 e. The third-order valence-electron chi connectivity index (χ3n) is 2.85. The smallest absolute Gasteiger partial charge is 0.251 e. The molecular weight excluding hydrogens is 252 g/mol. The quantitative estimate of drug-likeness (QED) is 0.834. The first-order chi connectivity index (χ1) is 9.70. The minimum Gasteiger partial charge on any atom is -0.472 e. The molecular formula is C16H16N2O2. The van der Waals surface area contributed by atoms with Crippen LogP contribution in [0.2, 0.25) is 0 Å². The van der Waals surface area contributed by atoms with Gasteiger partial charge in [0.1, 0.15) is 0 Å². The Bertz CT molecular complexity index is 649. The number of hydrogen-bond donors (Lipinski definition) is 2. The van der Waals surface area contributed by atoms with Gasteiger partial charge in [-0.2, -0.15) is 0 Å². The highest BCUT2D eigenvalue weighted by Crippen LogP contribution is 2.10. The van der Waals surface area contributed by atoms with Gasteiger partial charge >= 0.3 is 0 Å². The second kappa shape index (κ2) is 6.60. The minimum absolute atomic E-state index is 0.118. The van der Waals surface area contributed by atoms with Crippen LogP contribution < -0.4 is 11.1 Å². The zero-order valence-corrected chi connectivity index (χ0v) is 11.3. The summed E-state index contributed by atoms with van der Waals surface area (Å²) in [6.45, 7) is 2.70. The fraction of sp³-hybridized carbons (Fsp3) is 0.188. The number of nitrogens with two attached hydrogens (primary N) is 1. The van der Waals surface area contributed by atoms with E-state index in [9.17, 15) is 4.79 Å².